The van der Waals surface area contributed by atoms with Gasteiger partial charge in [0.2, 0.25) is 5.91 Å². The maximum Gasteiger partial charge on any atom is 0.249 e. The Bertz CT molecular complexity index is 456. The van der Waals surface area contributed by atoms with Crippen molar-refractivity contribution in [2.45, 2.75) is 26.1 Å². The van der Waals surface area contributed by atoms with Crippen LogP contribution in [0, 0.1) is 6.92 Å². The Morgan fingerprint density at radius 2 is 1.88 bits per heavy atom. The minimum Gasteiger partial charge on any atom is -0.385 e. The number of amides is 1. The molecule has 5 nitrogen and oxygen atoms in total. The number of carbonyl (C=O) groups is 2. The third kappa shape index (κ3) is 2.89. The van der Waals surface area contributed by atoms with E-state index in [1.54, 1.807) is 19.1 Å². The van der Waals surface area contributed by atoms with Crippen LogP contribution in [0.1, 0.15) is 34.5 Å². The zero-order valence-electron chi connectivity index (χ0n) is 9.68. The van der Waals surface area contributed by atoms with Crippen molar-refractivity contribution in [3.05, 3.63) is 34.9 Å². The Balaban J connectivity index is 3.05. The Kier molecular flexibility index (Phi) is 3.98. The molecule has 0 saturated carbocycles. The number of aliphatic hydroxyl groups is 2. The lowest BCUT2D eigenvalue weighted by molar-refractivity contribution is -0.131. The molecule has 1 amide bonds. The Morgan fingerprint density at radius 3 is 2.29 bits per heavy atom. The fourth-order valence-corrected chi connectivity index (χ4v) is 1.60. The van der Waals surface area contributed by atoms with E-state index in [1.165, 1.54) is 13.0 Å². The minimum absolute atomic E-state index is 0.0843. The largest absolute Gasteiger partial charge is 0.385 e. The molecule has 0 aliphatic rings. The molecule has 2 unspecified atom stereocenters. The zero-order valence-corrected chi connectivity index (χ0v) is 9.68. The summed E-state index contributed by atoms with van der Waals surface area (Å²) in [4.78, 5) is 21.9. The fourth-order valence-electron chi connectivity index (χ4n) is 1.60. The molecule has 92 valence electrons. The number of primary amides is 1. The molecule has 1 aromatic carbocycles. The first-order chi connectivity index (χ1) is 7.84. The monoisotopic (exact) mass is 237 g/mol. The highest BCUT2D eigenvalue weighted by atomic mass is 16.3. The Labute approximate surface area is 98.9 Å². The van der Waals surface area contributed by atoms with Crippen LogP contribution in [-0.2, 0) is 4.79 Å². The molecular formula is C12H15NO4. The summed E-state index contributed by atoms with van der Waals surface area (Å²) in [5, 5.41) is 19.0. The summed E-state index contributed by atoms with van der Waals surface area (Å²) < 4.78 is 0. The van der Waals surface area contributed by atoms with Gasteiger partial charge >= 0.3 is 0 Å². The van der Waals surface area contributed by atoms with E-state index in [9.17, 15) is 19.8 Å². The minimum atomic E-state index is -1.66. The molecule has 1 aromatic rings. The van der Waals surface area contributed by atoms with Crippen LogP contribution in [-0.4, -0.2) is 28.0 Å². The summed E-state index contributed by atoms with van der Waals surface area (Å²) in [5.41, 5.74) is 6.44. The molecule has 0 aliphatic carbocycles. The fraction of sp³-hybridized carbons (Fsp3) is 0.333. The number of aryl methyl sites for hydroxylation is 1. The van der Waals surface area contributed by atoms with Gasteiger partial charge < -0.3 is 15.9 Å². The van der Waals surface area contributed by atoms with Crippen LogP contribution in [0.5, 0.6) is 0 Å². The number of hydrogen-bond acceptors (Lipinski definition) is 4. The average Bonchev–Trinajstić information content (AvgIpc) is 2.26. The predicted octanol–water partition coefficient (Wildman–Crippen LogP) is 0.0772. The van der Waals surface area contributed by atoms with Crippen LogP contribution < -0.4 is 5.73 Å². The smallest absolute Gasteiger partial charge is 0.249 e. The first-order valence-electron chi connectivity index (χ1n) is 5.11. The average molecular weight is 237 g/mol. The lowest BCUT2D eigenvalue weighted by Crippen LogP contribution is -2.33. The maximum absolute atomic E-state index is 11.2. The van der Waals surface area contributed by atoms with Crippen molar-refractivity contribution in [2.75, 3.05) is 0 Å². The van der Waals surface area contributed by atoms with Gasteiger partial charge in [-0.2, -0.15) is 0 Å². The molecule has 0 heterocycles. The number of benzene rings is 1. The van der Waals surface area contributed by atoms with Gasteiger partial charge in [-0.15, -0.1) is 0 Å². The number of rotatable bonds is 4. The van der Waals surface area contributed by atoms with Crippen LogP contribution in [0.3, 0.4) is 0 Å². The van der Waals surface area contributed by atoms with Crippen LogP contribution in [0.25, 0.3) is 0 Å². The van der Waals surface area contributed by atoms with Crippen molar-refractivity contribution in [2.24, 2.45) is 5.73 Å². The summed E-state index contributed by atoms with van der Waals surface area (Å²) in [7, 11) is 0. The second-order valence-electron chi connectivity index (χ2n) is 3.92. The molecule has 4 N–H and O–H groups in total. The van der Waals surface area contributed by atoms with E-state index in [0.29, 0.717) is 16.7 Å². The van der Waals surface area contributed by atoms with E-state index in [1.807, 2.05) is 0 Å². The summed E-state index contributed by atoms with van der Waals surface area (Å²) in [6.07, 6.45) is -3.04. The molecular weight excluding hydrogens is 222 g/mol. The highest BCUT2D eigenvalue weighted by Gasteiger charge is 2.23. The molecule has 2 atom stereocenters. The van der Waals surface area contributed by atoms with Gasteiger partial charge in [-0.1, -0.05) is 18.2 Å². The molecule has 0 aromatic heterocycles. The van der Waals surface area contributed by atoms with Gasteiger partial charge in [-0.25, -0.2) is 0 Å². The molecule has 1 rings (SSSR count). The standard InChI is InChI=1S/C12H15NO4/c1-6-5-8(3-4-9(6)7(2)14)10(15)11(16)12(13)17/h3-5,10-11,15-16H,1-2H3,(H2,13,17). The van der Waals surface area contributed by atoms with Crippen molar-refractivity contribution in [1.82, 2.24) is 0 Å². The van der Waals surface area contributed by atoms with Crippen LogP contribution in [0.15, 0.2) is 18.2 Å². The lowest BCUT2D eigenvalue weighted by Gasteiger charge is -2.16. The van der Waals surface area contributed by atoms with Gasteiger partial charge in [0, 0.05) is 5.56 Å². The number of aliphatic hydroxyl groups excluding tert-OH is 2. The van der Waals surface area contributed by atoms with Gasteiger partial charge in [0.05, 0.1) is 0 Å². The molecule has 5 heteroatoms. The molecule has 0 spiro atoms. The number of ketones is 1. The first-order valence-corrected chi connectivity index (χ1v) is 5.11. The van der Waals surface area contributed by atoms with Crippen molar-refractivity contribution < 1.29 is 19.8 Å². The van der Waals surface area contributed by atoms with Gasteiger partial charge in [0.15, 0.2) is 11.9 Å². The van der Waals surface area contributed by atoms with E-state index in [-0.39, 0.29) is 5.78 Å². The van der Waals surface area contributed by atoms with Crippen LogP contribution in [0.4, 0.5) is 0 Å². The van der Waals surface area contributed by atoms with Crippen molar-refractivity contribution >= 4 is 11.7 Å². The topological polar surface area (TPSA) is 101 Å². The van der Waals surface area contributed by atoms with E-state index >= 15 is 0 Å². The molecule has 0 bridgehead atoms. The predicted molar refractivity (Wildman–Crippen MR) is 61.3 cm³/mol. The third-order valence-corrected chi connectivity index (χ3v) is 2.56. The lowest BCUT2D eigenvalue weighted by atomic mass is 9.97. The van der Waals surface area contributed by atoms with Crippen LogP contribution >= 0.6 is 0 Å². The van der Waals surface area contributed by atoms with E-state index in [2.05, 4.69) is 0 Å². The molecule has 0 saturated heterocycles. The second kappa shape index (κ2) is 5.07. The second-order valence-corrected chi connectivity index (χ2v) is 3.92. The number of nitrogens with two attached hydrogens (primary N) is 1. The molecule has 0 aliphatic heterocycles. The summed E-state index contributed by atoms with van der Waals surface area (Å²) >= 11 is 0. The highest BCUT2D eigenvalue weighted by Crippen LogP contribution is 2.20. The summed E-state index contributed by atoms with van der Waals surface area (Å²) in [5.74, 6) is -1.08. The SMILES string of the molecule is CC(=O)c1ccc(C(O)C(O)C(N)=O)cc1C. The molecule has 17 heavy (non-hydrogen) atoms. The number of hydrogen-bond donors (Lipinski definition) is 3. The number of Topliss-reactive ketones (excluding diaryl/α,β-unsaturated/α-hetero) is 1. The number of carbonyl (C=O) groups excluding carboxylic acids is 2. The van der Waals surface area contributed by atoms with Gasteiger partial charge in [-0.05, 0) is 25.0 Å². The normalized spacial score (nSPS) is 14.1. The molecule has 0 fully saturated rings. The van der Waals surface area contributed by atoms with E-state index in [0.717, 1.165) is 0 Å². The Morgan fingerprint density at radius 1 is 1.29 bits per heavy atom. The molecule has 0 radical (unpaired) electrons. The van der Waals surface area contributed by atoms with Gasteiger partial charge in [0.1, 0.15) is 6.10 Å². The maximum atomic E-state index is 11.2. The van der Waals surface area contributed by atoms with Crippen molar-refractivity contribution in [1.29, 1.82) is 0 Å². The summed E-state index contributed by atoms with van der Waals surface area (Å²) in [6, 6.07) is 4.58. The van der Waals surface area contributed by atoms with Gasteiger partial charge in [-0.3, -0.25) is 9.59 Å². The quantitative estimate of drug-likeness (QED) is 0.645. The first kappa shape index (κ1) is 13.3. The van der Waals surface area contributed by atoms with Crippen molar-refractivity contribution in [3.63, 3.8) is 0 Å². The third-order valence-electron chi connectivity index (χ3n) is 2.56. The van der Waals surface area contributed by atoms with Crippen LogP contribution in [0.2, 0.25) is 0 Å². The van der Waals surface area contributed by atoms with E-state index in [4.69, 9.17) is 5.73 Å². The highest BCUT2D eigenvalue weighted by molar-refractivity contribution is 5.95. The van der Waals surface area contributed by atoms with E-state index < -0.39 is 18.1 Å². The summed E-state index contributed by atoms with van der Waals surface area (Å²) in [6.45, 7) is 3.15. The Hall–Kier alpha value is -1.72. The zero-order chi connectivity index (χ0) is 13.2. The van der Waals surface area contributed by atoms with Crippen molar-refractivity contribution in [3.8, 4) is 0 Å². The van der Waals surface area contributed by atoms with Gasteiger partial charge in [0.25, 0.3) is 0 Å².